The Balaban J connectivity index is 2.74. The first kappa shape index (κ1) is 11.0. The average Bonchev–Trinajstić information content (AvgIpc) is 2.06. The van der Waals surface area contributed by atoms with Gasteiger partial charge in [-0.05, 0) is 29.9 Å². The number of allylic oxidation sites excluding steroid dienone is 1. The van der Waals surface area contributed by atoms with Crippen molar-refractivity contribution < 1.29 is 0 Å². The molecule has 0 saturated heterocycles. The first-order valence-electron chi connectivity index (χ1n) is 5.23. The molecule has 0 nitrogen and oxygen atoms in total. The highest BCUT2D eigenvalue weighted by atomic mass is 14.2. The molecule has 0 bridgehead atoms. The van der Waals surface area contributed by atoms with Crippen molar-refractivity contribution in [2.45, 2.75) is 34.1 Å². The number of benzene rings is 1. The maximum Gasteiger partial charge on any atom is -0.0230 e. The average molecular weight is 188 g/mol. The van der Waals surface area contributed by atoms with Gasteiger partial charge in [0.25, 0.3) is 0 Å². The fourth-order valence-electron chi connectivity index (χ4n) is 1.55. The van der Waals surface area contributed by atoms with Crippen LogP contribution in [-0.2, 0) is 6.42 Å². The normalized spacial score (nSPS) is 12.3. The minimum Gasteiger partial charge on any atom is -0.0871 e. The second-order valence-electron chi connectivity index (χ2n) is 4.98. The summed E-state index contributed by atoms with van der Waals surface area (Å²) in [5.74, 6) is 0. The van der Waals surface area contributed by atoms with Gasteiger partial charge >= 0.3 is 0 Å². The Hall–Kier alpha value is -1.04. The summed E-state index contributed by atoms with van der Waals surface area (Å²) in [7, 11) is 0. The van der Waals surface area contributed by atoms with Gasteiger partial charge in [-0.3, -0.25) is 0 Å². The molecular weight excluding hydrogens is 168 g/mol. The predicted octanol–water partition coefficient (Wildman–Crippen LogP) is 4.31. The van der Waals surface area contributed by atoms with E-state index in [2.05, 4.69) is 57.2 Å². The Bertz CT molecular complexity index is 296. The Morgan fingerprint density at radius 2 is 1.64 bits per heavy atom. The third-order valence-corrected chi connectivity index (χ3v) is 2.07. The largest absolute Gasteiger partial charge is 0.0871 e. The van der Waals surface area contributed by atoms with E-state index in [0.29, 0.717) is 5.41 Å². The monoisotopic (exact) mass is 188 g/mol. The number of hydrogen-bond donors (Lipinski definition) is 0. The van der Waals surface area contributed by atoms with Gasteiger partial charge in [0, 0.05) is 0 Å². The molecule has 0 aromatic heterocycles. The number of hydrogen-bond acceptors (Lipinski definition) is 0. The van der Waals surface area contributed by atoms with Gasteiger partial charge in [0.2, 0.25) is 0 Å². The lowest BCUT2D eigenvalue weighted by Crippen LogP contribution is -2.08. The molecule has 0 aliphatic heterocycles. The maximum atomic E-state index is 2.27. The first-order valence-corrected chi connectivity index (χ1v) is 5.23. The minimum atomic E-state index is 0.377. The van der Waals surface area contributed by atoms with Crippen molar-refractivity contribution in [2.75, 3.05) is 0 Å². The van der Waals surface area contributed by atoms with Crippen molar-refractivity contribution >= 4 is 6.08 Å². The van der Waals surface area contributed by atoms with Crippen LogP contribution >= 0.6 is 0 Å². The second kappa shape index (κ2) is 4.45. The molecule has 0 saturated carbocycles. The minimum absolute atomic E-state index is 0.377. The summed E-state index contributed by atoms with van der Waals surface area (Å²) < 4.78 is 0. The maximum absolute atomic E-state index is 2.27. The van der Waals surface area contributed by atoms with Crippen LogP contribution in [0.4, 0.5) is 0 Å². The molecule has 0 fully saturated rings. The molecule has 1 aromatic carbocycles. The Morgan fingerprint density at radius 3 is 2.07 bits per heavy atom. The van der Waals surface area contributed by atoms with Gasteiger partial charge in [-0.15, -0.1) is 0 Å². The second-order valence-corrected chi connectivity index (χ2v) is 4.98. The van der Waals surface area contributed by atoms with Crippen LogP contribution in [0, 0.1) is 5.41 Å². The molecule has 0 radical (unpaired) electrons. The topological polar surface area (TPSA) is 0 Å². The molecule has 0 heterocycles. The first-order chi connectivity index (χ1) is 6.51. The van der Waals surface area contributed by atoms with Crippen LogP contribution in [0.15, 0.2) is 30.3 Å². The Labute approximate surface area is 87.7 Å². The summed E-state index contributed by atoms with van der Waals surface area (Å²) in [6, 6.07) is 8.81. The van der Waals surface area contributed by atoms with Crippen molar-refractivity contribution in [1.29, 1.82) is 0 Å². The van der Waals surface area contributed by atoms with E-state index in [-0.39, 0.29) is 0 Å². The standard InChI is InChI=1S/C14H20/c1-5-6-12-7-9-13(10-8-12)11-14(2,3)4/h5-10H,11H2,1-4H3. The van der Waals surface area contributed by atoms with E-state index < -0.39 is 0 Å². The van der Waals surface area contributed by atoms with Crippen LogP contribution in [0.5, 0.6) is 0 Å². The zero-order chi connectivity index (χ0) is 10.6. The summed E-state index contributed by atoms with van der Waals surface area (Å²) >= 11 is 0. The van der Waals surface area contributed by atoms with Crippen molar-refractivity contribution in [3.05, 3.63) is 41.5 Å². The van der Waals surface area contributed by atoms with Crippen molar-refractivity contribution in [3.8, 4) is 0 Å². The summed E-state index contributed by atoms with van der Waals surface area (Å²) in [6.07, 6.45) is 5.34. The van der Waals surface area contributed by atoms with Crippen molar-refractivity contribution in [1.82, 2.24) is 0 Å². The fraction of sp³-hybridized carbons (Fsp3) is 0.429. The molecular formula is C14H20. The molecule has 0 unspecified atom stereocenters. The van der Waals surface area contributed by atoms with Crippen LogP contribution in [0.1, 0.15) is 38.8 Å². The lowest BCUT2D eigenvalue weighted by atomic mass is 9.88. The summed E-state index contributed by atoms with van der Waals surface area (Å²) in [6.45, 7) is 8.86. The van der Waals surface area contributed by atoms with Gasteiger partial charge in [0.15, 0.2) is 0 Å². The third-order valence-electron chi connectivity index (χ3n) is 2.07. The molecule has 0 atom stereocenters. The Morgan fingerprint density at radius 1 is 1.07 bits per heavy atom. The quantitative estimate of drug-likeness (QED) is 0.649. The highest BCUT2D eigenvalue weighted by Gasteiger charge is 2.10. The van der Waals surface area contributed by atoms with Crippen molar-refractivity contribution in [2.24, 2.45) is 5.41 Å². The van der Waals surface area contributed by atoms with Crippen LogP contribution in [0.2, 0.25) is 0 Å². The van der Waals surface area contributed by atoms with Gasteiger partial charge < -0.3 is 0 Å². The van der Waals surface area contributed by atoms with E-state index in [4.69, 9.17) is 0 Å². The van der Waals surface area contributed by atoms with Crippen molar-refractivity contribution in [3.63, 3.8) is 0 Å². The molecule has 0 aliphatic carbocycles. The van der Waals surface area contributed by atoms with E-state index in [1.165, 1.54) is 11.1 Å². The van der Waals surface area contributed by atoms with Crippen LogP contribution in [0.25, 0.3) is 6.08 Å². The smallest absolute Gasteiger partial charge is 0.0230 e. The third kappa shape index (κ3) is 3.78. The van der Waals surface area contributed by atoms with E-state index in [1.807, 2.05) is 6.92 Å². The molecule has 1 aromatic rings. The fourth-order valence-corrected chi connectivity index (χ4v) is 1.55. The molecule has 0 aliphatic rings. The van der Waals surface area contributed by atoms with E-state index in [1.54, 1.807) is 0 Å². The van der Waals surface area contributed by atoms with Gasteiger partial charge in [-0.2, -0.15) is 0 Å². The van der Waals surface area contributed by atoms with Crippen LogP contribution in [-0.4, -0.2) is 0 Å². The molecule has 0 N–H and O–H groups in total. The SMILES string of the molecule is CC=Cc1ccc(CC(C)(C)C)cc1. The lowest BCUT2D eigenvalue weighted by Gasteiger charge is -2.17. The molecule has 1 rings (SSSR count). The van der Waals surface area contributed by atoms with E-state index >= 15 is 0 Å². The van der Waals surface area contributed by atoms with Gasteiger partial charge in [0.1, 0.15) is 0 Å². The van der Waals surface area contributed by atoms with E-state index in [9.17, 15) is 0 Å². The van der Waals surface area contributed by atoms with Gasteiger partial charge in [-0.25, -0.2) is 0 Å². The highest BCUT2D eigenvalue weighted by molar-refractivity contribution is 5.49. The zero-order valence-corrected chi connectivity index (χ0v) is 9.67. The molecule has 0 amide bonds. The summed E-state index contributed by atoms with van der Waals surface area (Å²) in [5, 5.41) is 0. The summed E-state index contributed by atoms with van der Waals surface area (Å²) in [4.78, 5) is 0. The molecule has 76 valence electrons. The van der Waals surface area contributed by atoms with Gasteiger partial charge in [-0.1, -0.05) is 57.2 Å². The zero-order valence-electron chi connectivity index (χ0n) is 9.67. The van der Waals surface area contributed by atoms with Crippen LogP contribution < -0.4 is 0 Å². The highest BCUT2D eigenvalue weighted by Crippen LogP contribution is 2.20. The molecule has 14 heavy (non-hydrogen) atoms. The molecule has 0 heteroatoms. The van der Waals surface area contributed by atoms with Crippen LogP contribution in [0.3, 0.4) is 0 Å². The summed E-state index contributed by atoms with van der Waals surface area (Å²) in [5.41, 5.74) is 3.08. The number of rotatable bonds is 2. The molecule has 0 spiro atoms. The van der Waals surface area contributed by atoms with E-state index in [0.717, 1.165) is 6.42 Å². The van der Waals surface area contributed by atoms with Gasteiger partial charge in [0.05, 0.1) is 0 Å². The predicted molar refractivity (Wildman–Crippen MR) is 64.3 cm³/mol. The lowest BCUT2D eigenvalue weighted by molar-refractivity contribution is 0.411. The Kier molecular flexibility index (Phi) is 3.51.